The minimum atomic E-state index is 0.182. The molecule has 0 radical (unpaired) electrons. The van der Waals surface area contributed by atoms with Gasteiger partial charge in [-0.25, -0.2) is 9.67 Å². The lowest BCUT2D eigenvalue weighted by molar-refractivity contribution is 0.0586. The first-order valence-corrected chi connectivity index (χ1v) is 10.7. The van der Waals surface area contributed by atoms with Crippen molar-refractivity contribution in [3.05, 3.63) is 23.5 Å². The molecule has 4 rings (SSSR count). The number of aryl methyl sites for hydroxylation is 1. The van der Waals surface area contributed by atoms with Crippen molar-refractivity contribution in [2.45, 2.75) is 90.8 Å². The molecule has 2 aliphatic rings. The average molecular weight is 369 g/mol. The van der Waals surface area contributed by atoms with E-state index >= 15 is 0 Å². The summed E-state index contributed by atoms with van der Waals surface area (Å²) in [6.07, 6.45) is 10.2. The molecule has 0 aromatic carbocycles. The highest BCUT2D eigenvalue weighted by Gasteiger charge is 2.39. The number of carbonyl (C=O) groups excluding carboxylic acids is 1. The summed E-state index contributed by atoms with van der Waals surface area (Å²) < 4.78 is 1.93. The number of fused-ring (bicyclic) bond motifs is 1. The molecule has 0 atom stereocenters. The number of aromatic nitrogens is 3. The Kier molecular flexibility index (Phi) is 4.95. The number of amides is 1. The van der Waals surface area contributed by atoms with Crippen molar-refractivity contribution in [3.8, 4) is 0 Å². The van der Waals surface area contributed by atoms with Crippen LogP contribution in [0.2, 0.25) is 0 Å². The Bertz CT molecular complexity index is 828. The van der Waals surface area contributed by atoms with E-state index in [1.165, 1.54) is 19.3 Å². The van der Waals surface area contributed by atoms with Crippen molar-refractivity contribution in [1.82, 2.24) is 19.7 Å². The van der Waals surface area contributed by atoms with Crippen LogP contribution in [0.5, 0.6) is 0 Å². The summed E-state index contributed by atoms with van der Waals surface area (Å²) in [5.41, 5.74) is 2.46. The van der Waals surface area contributed by atoms with E-state index in [2.05, 4.69) is 30.8 Å². The molecule has 0 spiro atoms. The molecule has 2 fully saturated rings. The van der Waals surface area contributed by atoms with Gasteiger partial charge in [0.1, 0.15) is 0 Å². The van der Waals surface area contributed by atoms with E-state index in [4.69, 9.17) is 4.98 Å². The largest absolute Gasteiger partial charge is 0.333 e. The first kappa shape index (κ1) is 18.5. The summed E-state index contributed by atoms with van der Waals surface area (Å²) in [5.74, 6) is 1.03. The molecule has 0 unspecified atom stereocenters. The molecule has 2 aromatic heterocycles. The summed E-state index contributed by atoms with van der Waals surface area (Å²) in [7, 11) is 0. The van der Waals surface area contributed by atoms with Crippen molar-refractivity contribution in [1.29, 1.82) is 0 Å². The highest BCUT2D eigenvalue weighted by atomic mass is 16.2. The van der Waals surface area contributed by atoms with E-state index in [1.54, 1.807) is 0 Å². The smallest absolute Gasteiger partial charge is 0.256 e. The Morgan fingerprint density at radius 2 is 1.81 bits per heavy atom. The Balaban J connectivity index is 1.63. The van der Waals surface area contributed by atoms with Gasteiger partial charge in [-0.15, -0.1) is 0 Å². The normalized spacial score (nSPS) is 23.1. The number of carbonyl (C=O) groups is 1. The quantitative estimate of drug-likeness (QED) is 0.755. The van der Waals surface area contributed by atoms with Gasteiger partial charge in [0, 0.05) is 23.5 Å². The zero-order valence-corrected chi connectivity index (χ0v) is 17.1. The number of rotatable bonds is 5. The van der Waals surface area contributed by atoms with Gasteiger partial charge in [-0.1, -0.05) is 13.3 Å². The fourth-order valence-corrected chi connectivity index (χ4v) is 4.61. The van der Waals surface area contributed by atoms with Gasteiger partial charge in [-0.3, -0.25) is 4.79 Å². The summed E-state index contributed by atoms with van der Waals surface area (Å²) >= 11 is 0. The minimum Gasteiger partial charge on any atom is -0.333 e. The van der Waals surface area contributed by atoms with Crippen LogP contribution in [0, 0.1) is 12.8 Å². The van der Waals surface area contributed by atoms with E-state index in [9.17, 15) is 4.79 Å². The Labute approximate surface area is 162 Å². The third-order valence-corrected chi connectivity index (χ3v) is 6.44. The summed E-state index contributed by atoms with van der Waals surface area (Å²) in [5, 5.41) is 5.43. The van der Waals surface area contributed by atoms with Gasteiger partial charge in [0.25, 0.3) is 5.91 Å². The topological polar surface area (TPSA) is 51.0 Å². The molecule has 5 nitrogen and oxygen atoms in total. The van der Waals surface area contributed by atoms with Gasteiger partial charge < -0.3 is 4.90 Å². The first-order valence-electron chi connectivity index (χ1n) is 10.7. The Morgan fingerprint density at radius 1 is 1.19 bits per heavy atom. The highest BCUT2D eigenvalue weighted by molar-refractivity contribution is 5.98. The molecule has 146 valence electrons. The third-order valence-electron chi connectivity index (χ3n) is 6.44. The Hall–Kier alpha value is -1.91. The van der Waals surface area contributed by atoms with E-state index in [-0.39, 0.29) is 11.9 Å². The lowest BCUT2D eigenvalue weighted by atomic mass is 9.83. The summed E-state index contributed by atoms with van der Waals surface area (Å²) in [6.45, 7) is 8.45. The van der Waals surface area contributed by atoms with E-state index in [1.807, 2.05) is 23.9 Å². The van der Waals surface area contributed by atoms with Crippen LogP contribution in [-0.4, -0.2) is 37.7 Å². The van der Waals surface area contributed by atoms with Crippen molar-refractivity contribution < 1.29 is 4.79 Å². The summed E-state index contributed by atoms with van der Waals surface area (Å²) in [6, 6.07) is 3.11. The maximum absolute atomic E-state index is 13.5. The molecule has 0 bridgehead atoms. The fraction of sp³-hybridized carbons (Fsp3) is 0.682. The second-order valence-electron chi connectivity index (χ2n) is 8.74. The molecular weight excluding hydrogens is 336 g/mol. The first-order chi connectivity index (χ1) is 13.0. The number of nitrogens with zero attached hydrogens (tertiary/aromatic N) is 4. The van der Waals surface area contributed by atoms with E-state index in [0.717, 1.165) is 53.9 Å². The lowest BCUT2D eigenvalue weighted by Gasteiger charge is -2.37. The number of hydrogen-bond acceptors (Lipinski definition) is 3. The molecule has 1 amide bonds. The van der Waals surface area contributed by atoms with Crippen LogP contribution >= 0.6 is 0 Å². The average Bonchev–Trinajstić information content (AvgIpc) is 3.40. The van der Waals surface area contributed by atoms with Crippen LogP contribution in [0.1, 0.15) is 87.8 Å². The van der Waals surface area contributed by atoms with E-state index in [0.29, 0.717) is 12.1 Å². The summed E-state index contributed by atoms with van der Waals surface area (Å²) in [4.78, 5) is 20.5. The molecule has 2 aromatic rings. The third kappa shape index (κ3) is 3.48. The van der Waals surface area contributed by atoms with Crippen molar-refractivity contribution in [3.63, 3.8) is 0 Å². The molecule has 2 saturated carbocycles. The standard InChI is InChI=1S/C22H32N4O/c1-5-16-6-8-18(9-7-16)25(19-10-11-19)22(27)20-12-17-13-23-26(14(2)3)21(17)24-15(20)4/h12-14,16,18-19H,5-11H2,1-4H3. The molecule has 0 saturated heterocycles. The van der Waals surface area contributed by atoms with Gasteiger partial charge in [0.05, 0.1) is 17.5 Å². The van der Waals surface area contributed by atoms with Crippen molar-refractivity contribution >= 4 is 16.9 Å². The van der Waals surface area contributed by atoms with E-state index < -0.39 is 0 Å². The number of pyridine rings is 1. The van der Waals surface area contributed by atoms with Crippen LogP contribution in [0.15, 0.2) is 12.3 Å². The SMILES string of the molecule is CCC1CCC(N(C(=O)c2cc3cnn(C(C)C)c3nc2C)C2CC2)CC1. The molecule has 2 heterocycles. The monoisotopic (exact) mass is 368 g/mol. The van der Waals surface area contributed by atoms with Crippen LogP contribution in [0.3, 0.4) is 0 Å². The fourth-order valence-electron chi connectivity index (χ4n) is 4.61. The van der Waals surface area contributed by atoms with Crippen molar-refractivity contribution in [2.75, 3.05) is 0 Å². The van der Waals surface area contributed by atoms with Gasteiger partial charge in [-0.05, 0) is 71.3 Å². The predicted octanol–water partition coefficient (Wildman–Crippen LogP) is 4.89. The second kappa shape index (κ2) is 7.25. The predicted molar refractivity (Wildman–Crippen MR) is 108 cm³/mol. The molecule has 2 aliphatic carbocycles. The van der Waals surface area contributed by atoms with Crippen LogP contribution < -0.4 is 0 Å². The van der Waals surface area contributed by atoms with Gasteiger partial charge in [0.15, 0.2) is 5.65 Å². The maximum Gasteiger partial charge on any atom is 0.256 e. The molecule has 27 heavy (non-hydrogen) atoms. The lowest BCUT2D eigenvalue weighted by Crippen LogP contribution is -2.44. The van der Waals surface area contributed by atoms with Gasteiger partial charge >= 0.3 is 0 Å². The maximum atomic E-state index is 13.5. The van der Waals surface area contributed by atoms with Crippen LogP contribution in [-0.2, 0) is 0 Å². The zero-order valence-electron chi connectivity index (χ0n) is 17.1. The van der Waals surface area contributed by atoms with Crippen LogP contribution in [0.25, 0.3) is 11.0 Å². The number of hydrogen-bond donors (Lipinski definition) is 0. The van der Waals surface area contributed by atoms with Crippen LogP contribution in [0.4, 0.5) is 0 Å². The molecule has 0 N–H and O–H groups in total. The van der Waals surface area contributed by atoms with Crippen molar-refractivity contribution in [2.24, 2.45) is 5.92 Å². The van der Waals surface area contributed by atoms with Gasteiger partial charge in [0.2, 0.25) is 0 Å². The molecule has 0 aliphatic heterocycles. The second-order valence-corrected chi connectivity index (χ2v) is 8.74. The highest BCUT2D eigenvalue weighted by Crippen LogP contribution is 2.37. The van der Waals surface area contributed by atoms with Gasteiger partial charge in [-0.2, -0.15) is 5.10 Å². The Morgan fingerprint density at radius 3 is 2.37 bits per heavy atom. The molecule has 5 heteroatoms. The zero-order chi connectivity index (χ0) is 19.1. The minimum absolute atomic E-state index is 0.182. The molecular formula is C22H32N4O.